The summed E-state index contributed by atoms with van der Waals surface area (Å²) < 4.78 is 0. The van der Waals surface area contributed by atoms with Crippen molar-refractivity contribution in [3.8, 4) is 0 Å². The summed E-state index contributed by atoms with van der Waals surface area (Å²) in [5, 5.41) is 3.57. The molecule has 0 radical (unpaired) electrons. The first-order valence-electron chi connectivity index (χ1n) is 6.84. The molecular weight excluding hydrogens is 222 g/mol. The van der Waals surface area contributed by atoms with Crippen molar-refractivity contribution >= 4 is 11.5 Å². The molecule has 98 valence electrons. The molecule has 1 aromatic rings. The topological polar surface area (TPSA) is 29.1 Å². The molecule has 0 spiro atoms. The number of anilines is 1. The third kappa shape index (κ3) is 3.34. The zero-order chi connectivity index (χ0) is 13.2. The number of carbonyl (C=O) groups excluding carboxylic acids is 1. The van der Waals surface area contributed by atoms with E-state index in [4.69, 9.17) is 0 Å². The molecule has 1 fully saturated rings. The van der Waals surface area contributed by atoms with E-state index in [-0.39, 0.29) is 5.78 Å². The van der Waals surface area contributed by atoms with Gasteiger partial charge in [0, 0.05) is 17.3 Å². The Balaban J connectivity index is 1.92. The van der Waals surface area contributed by atoms with Gasteiger partial charge in [-0.1, -0.05) is 13.8 Å². The van der Waals surface area contributed by atoms with Crippen molar-refractivity contribution in [1.82, 2.24) is 0 Å². The first-order chi connectivity index (χ1) is 8.46. The minimum absolute atomic E-state index is 0.126. The van der Waals surface area contributed by atoms with Gasteiger partial charge in [0.25, 0.3) is 0 Å². The molecule has 0 atom stereocenters. The second-order valence-corrected chi connectivity index (χ2v) is 6.22. The summed E-state index contributed by atoms with van der Waals surface area (Å²) in [5.74, 6) is 0.126. The molecule has 0 saturated heterocycles. The Morgan fingerprint density at radius 3 is 2.22 bits per heavy atom. The SMILES string of the molecule is CC(=O)c1ccc(NC2CCC(C)(C)CC2)cc1. The molecule has 0 unspecified atom stereocenters. The molecule has 2 nitrogen and oxygen atoms in total. The van der Waals surface area contributed by atoms with Gasteiger partial charge in [0.05, 0.1) is 0 Å². The fourth-order valence-electron chi connectivity index (χ4n) is 2.58. The van der Waals surface area contributed by atoms with Gasteiger partial charge < -0.3 is 5.32 Å². The van der Waals surface area contributed by atoms with Gasteiger partial charge in [0.1, 0.15) is 0 Å². The Morgan fingerprint density at radius 2 is 1.72 bits per heavy atom. The third-order valence-corrected chi connectivity index (χ3v) is 4.00. The standard InChI is InChI=1S/C16H23NO/c1-12(18)13-4-6-14(7-5-13)17-15-8-10-16(2,3)11-9-15/h4-7,15,17H,8-11H2,1-3H3. The highest BCUT2D eigenvalue weighted by atomic mass is 16.1. The van der Waals surface area contributed by atoms with Crippen LogP contribution in [0, 0.1) is 5.41 Å². The van der Waals surface area contributed by atoms with E-state index >= 15 is 0 Å². The van der Waals surface area contributed by atoms with Crippen LogP contribution in [0.3, 0.4) is 0 Å². The van der Waals surface area contributed by atoms with Crippen LogP contribution in [-0.2, 0) is 0 Å². The lowest BCUT2D eigenvalue weighted by molar-refractivity contribution is 0.101. The van der Waals surface area contributed by atoms with E-state index in [9.17, 15) is 4.79 Å². The number of rotatable bonds is 3. The maximum atomic E-state index is 11.2. The Morgan fingerprint density at radius 1 is 1.17 bits per heavy atom. The number of hydrogen-bond acceptors (Lipinski definition) is 2. The van der Waals surface area contributed by atoms with E-state index in [0.717, 1.165) is 11.3 Å². The van der Waals surface area contributed by atoms with Crippen molar-refractivity contribution in [2.45, 2.75) is 52.5 Å². The Labute approximate surface area is 110 Å². The predicted octanol–water partition coefficient (Wildman–Crippen LogP) is 4.27. The molecule has 18 heavy (non-hydrogen) atoms. The molecule has 1 aliphatic rings. The monoisotopic (exact) mass is 245 g/mol. The molecule has 1 aromatic carbocycles. The highest BCUT2D eigenvalue weighted by Gasteiger charge is 2.26. The van der Waals surface area contributed by atoms with Gasteiger partial charge in [0.2, 0.25) is 0 Å². The molecule has 1 aliphatic carbocycles. The first kappa shape index (κ1) is 13.1. The van der Waals surface area contributed by atoms with Gasteiger partial charge >= 0.3 is 0 Å². The third-order valence-electron chi connectivity index (χ3n) is 4.00. The summed E-state index contributed by atoms with van der Waals surface area (Å²) in [7, 11) is 0. The van der Waals surface area contributed by atoms with Crippen molar-refractivity contribution in [2.75, 3.05) is 5.32 Å². The maximum Gasteiger partial charge on any atom is 0.159 e. The summed E-state index contributed by atoms with van der Waals surface area (Å²) in [5.41, 5.74) is 2.42. The highest BCUT2D eigenvalue weighted by molar-refractivity contribution is 5.94. The predicted molar refractivity (Wildman–Crippen MR) is 76.1 cm³/mol. The Hall–Kier alpha value is -1.31. The number of nitrogens with one attached hydrogen (secondary N) is 1. The molecule has 0 aromatic heterocycles. The molecule has 0 heterocycles. The van der Waals surface area contributed by atoms with Crippen LogP contribution in [0.2, 0.25) is 0 Å². The van der Waals surface area contributed by atoms with Crippen LogP contribution >= 0.6 is 0 Å². The fraction of sp³-hybridized carbons (Fsp3) is 0.562. The van der Waals surface area contributed by atoms with Gasteiger partial charge in [-0.15, -0.1) is 0 Å². The van der Waals surface area contributed by atoms with Crippen LogP contribution in [0.25, 0.3) is 0 Å². The van der Waals surface area contributed by atoms with Crippen molar-refractivity contribution in [3.63, 3.8) is 0 Å². The number of benzene rings is 1. The number of ketones is 1. The minimum atomic E-state index is 0.126. The molecular formula is C16H23NO. The lowest BCUT2D eigenvalue weighted by atomic mass is 9.75. The Kier molecular flexibility index (Phi) is 3.74. The van der Waals surface area contributed by atoms with E-state index in [2.05, 4.69) is 19.2 Å². The largest absolute Gasteiger partial charge is 0.382 e. The van der Waals surface area contributed by atoms with Crippen LogP contribution < -0.4 is 5.32 Å². The summed E-state index contributed by atoms with van der Waals surface area (Å²) in [6.45, 7) is 6.31. The summed E-state index contributed by atoms with van der Waals surface area (Å²) in [6, 6.07) is 8.41. The van der Waals surface area contributed by atoms with E-state index in [0.29, 0.717) is 11.5 Å². The highest BCUT2D eigenvalue weighted by Crippen LogP contribution is 2.36. The first-order valence-corrected chi connectivity index (χ1v) is 6.84. The summed E-state index contributed by atoms with van der Waals surface area (Å²) in [4.78, 5) is 11.2. The zero-order valence-electron chi connectivity index (χ0n) is 11.6. The number of Topliss-reactive ketones (excluding diaryl/α,β-unsaturated/α-hetero) is 1. The van der Waals surface area contributed by atoms with Gasteiger partial charge in [-0.2, -0.15) is 0 Å². The van der Waals surface area contributed by atoms with Gasteiger partial charge in [-0.3, -0.25) is 4.79 Å². The van der Waals surface area contributed by atoms with Gasteiger partial charge in [0.15, 0.2) is 5.78 Å². The molecule has 2 heteroatoms. The van der Waals surface area contributed by atoms with E-state index in [1.165, 1.54) is 25.7 Å². The smallest absolute Gasteiger partial charge is 0.159 e. The van der Waals surface area contributed by atoms with Crippen LogP contribution in [0.1, 0.15) is 56.8 Å². The van der Waals surface area contributed by atoms with Crippen LogP contribution in [0.5, 0.6) is 0 Å². The van der Waals surface area contributed by atoms with Crippen molar-refractivity contribution in [2.24, 2.45) is 5.41 Å². The normalized spacial score (nSPS) is 19.5. The number of hydrogen-bond donors (Lipinski definition) is 1. The van der Waals surface area contributed by atoms with Crippen LogP contribution in [0.4, 0.5) is 5.69 Å². The van der Waals surface area contributed by atoms with Crippen LogP contribution in [-0.4, -0.2) is 11.8 Å². The van der Waals surface area contributed by atoms with E-state index in [1.54, 1.807) is 6.92 Å². The van der Waals surface area contributed by atoms with Crippen molar-refractivity contribution in [3.05, 3.63) is 29.8 Å². The minimum Gasteiger partial charge on any atom is -0.382 e. The van der Waals surface area contributed by atoms with Crippen LogP contribution in [0.15, 0.2) is 24.3 Å². The molecule has 1 N–H and O–H groups in total. The summed E-state index contributed by atoms with van der Waals surface area (Å²) in [6.07, 6.45) is 5.05. The molecule has 1 saturated carbocycles. The number of carbonyl (C=O) groups is 1. The van der Waals surface area contributed by atoms with Gasteiger partial charge in [-0.25, -0.2) is 0 Å². The zero-order valence-corrected chi connectivity index (χ0v) is 11.6. The Bertz CT molecular complexity index is 409. The lowest BCUT2D eigenvalue weighted by Gasteiger charge is -2.35. The maximum absolute atomic E-state index is 11.2. The molecule has 0 amide bonds. The molecule has 0 bridgehead atoms. The van der Waals surface area contributed by atoms with Crippen molar-refractivity contribution in [1.29, 1.82) is 0 Å². The average molecular weight is 245 g/mol. The quantitative estimate of drug-likeness (QED) is 0.806. The fourth-order valence-corrected chi connectivity index (χ4v) is 2.58. The second kappa shape index (κ2) is 5.13. The van der Waals surface area contributed by atoms with E-state index < -0.39 is 0 Å². The van der Waals surface area contributed by atoms with Gasteiger partial charge in [-0.05, 0) is 62.3 Å². The molecule has 0 aliphatic heterocycles. The summed E-state index contributed by atoms with van der Waals surface area (Å²) >= 11 is 0. The van der Waals surface area contributed by atoms with E-state index in [1.807, 2.05) is 24.3 Å². The second-order valence-electron chi connectivity index (χ2n) is 6.22. The van der Waals surface area contributed by atoms with Crippen molar-refractivity contribution < 1.29 is 4.79 Å². The molecule has 2 rings (SSSR count). The lowest BCUT2D eigenvalue weighted by Crippen LogP contribution is -2.29. The average Bonchev–Trinajstić information content (AvgIpc) is 2.33.